The van der Waals surface area contributed by atoms with Crippen molar-refractivity contribution in [2.75, 3.05) is 25.0 Å². The van der Waals surface area contributed by atoms with Crippen molar-refractivity contribution in [2.45, 2.75) is 64.5 Å². The van der Waals surface area contributed by atoms with Gasteiger partial charge in [0.1, 0.15) is 6.07 Å². The lowest BCUT2D eigenvalue weighted by Crippen LogP contribution is -2.33. The average Bonchev–Trinajstić information content (AvgIpc) is 3.67. The normalized spacial score (nSPS) is 18.7. The van der Waals surface area contributed by atoms with Crippen LogP contribution in [-0.2, 0) is 51.2 Å². The summed E-state index contributed by atoms with van der Waals surface area (Å²) in [5, 5.41) is 26.2. The molecule has 2 aromatic heterocycles. The van der Waals surface area contributed by atoms with Crippen molar-refractivity contribution in [2.24, 2.45) is 25.9 Å². The number of ketones is 1. The zero-order chi connectivity index (χ0) is 36.5. The standard InChI is InChI=1S/C39H43ClN8O4/c1-46-32-13-16-42-21-30(32)43-36(46)34(49)19-25-5-3-7-27(35(25)40)26-6-4-8-29(28(26)20-41)45-38(50)37-44-31-22-48(18-15-33(31)47(37)2)17-14-23-9-11-24(12-10-23)39(51)52/h3-8,23-24,42H,9-19,21-22H2,1-2H3,(H,45,50)(H,51,52). The van der Waals surface area contributed by atoms with Gasteiger partial charge in [-0.1, -0.05) is 41.9 Å². The molecule has 12 nitrogen and oxygen atoms in total. The number of halogens is 1. The lowest BCUT2D eigenvalue weighted by atomic mass is 9.80. The summed E-state index contributed by atoms with van der Waals surface area (Å²) in [5.74, 6) is -0.210. The molecule has 0 unspecified atom stereocenters. The van der Waals surface area contributed by atoms with E-state index in [1.54, 1.807) is 18.2 Å². The lowest BCUT2D eigenvalue weighted by Gasteiger charge is -2.30. The van der Waals surface area contributed by atoms with Crippen LogP contribution in [-0.4, -0.2) is 66.4 Å². The number of nitriles is 1. The Hall–Kier alpha value is -4.83. The molecule has 7 rings (SSSR count). The number of aromatic nitrogens is 4. The molecule has 0 bridgehead atoms. The van der Waals surface area contributed by atoms with Crippen LogP contribution in [0.4, 0.5) is 5.69 Å². The zero-order valence-electron chi connectivity index (χ0n) is 29.5. The number of hydrogen-bond acceptors (Lipinski definition) is 8. The molecule has 270 valence electrons. The Morgan fingerprint density at radius 1 is 0.981 bits per heavy atom. The van der Waals surface area contributed by atoms with Gasteiger partial charge < -0.3 is 24.9 Å². The number of hydrogen-bond donors (Lipinski definition) is 3. The number of amides is 1. The van der Waals surface area contributed by atoms with E-state index in [0.29, 0.717) is 52.2 Å². The molecule has 2 aliphatic heterocycles. The van der Waals surface area contributed by atoms with Gasteiger partial charge in [0.15, 0.2) is 11.6 Å². The Bertz CT molecular complexity index is 2090. The molecule has 1 saturated carbocycles. The molecule has 1 aliphatic carbocycles. The Morgan fingerprint density at radius 3 is 2.44 bits per heavy atom. The summed E-state index contributed by atoms with van der Waals surface area (Å²) in [5.41, 5.74) is 6.22. The molecule has 1 fully saturated rings. The molecule has 4 heterocycles. The van der Waals surface area contributed by atoms with Gasteiger partial charge in [-0.05, 0) is 56.2 Å². The third-order valence-corrected chi connectivity index (χ3v) is 11.6. The van der Waals surface area contributed by atoms with Crippen LogP contribution in [0, 0.1) is 23.2 Å². The number of imidazole rings is 2. The van der Waals surface area contributed by atoms with Crippen LogP contribution in [0.25, 0.3) is 11.1 Å². The molecule has 3 aliphatic rings. The quantitative estimate of drug-likeness (QED) is 0.185. The Balaban J connectivity index is 1.04. The highest BCUT2D eigenvalue weighted by atomic mass is 35.5. The van der Waals surface area contributed by atoms with Crippen molar-refractivity contribution in [3.05, 3.63) is 87.0 Å². The number of nitrogens with one attached hydrogen (secondary N) is 2. The van der Waals surface area contributed by atoms with Crippen LogP contribution in [0.3, 0.4) is 0 Å². The summed E-state index contributed by atoms with van der Waals surface area (Å²) in [6, 6.07) is 12.9. The highest BCUT2D eigenvalue weighted by Gasteiger charge is 2.29. The molecule has 0 atom stereocenters. The molecule has 52 heavy (non-hydrogen) atoms. The summed E-state index contributed by atoms with van der Waals surface area (Å²) in [6.45, 7) is 3.91. The van der Waals surface area contributed by atoms with Crippen LogP contribution in [0.2, 0.25) is 5.02 Å². The van der Waals surface area contributed by atoms with Crippen LogP contribution in [0.5, 0.6) is 0 Å². The van der Waals surface area contributed by atoms with E-state index < -0.39 is 11.9 Å². The van der Waals surface area contributed by atoms with Crippen LogP contribution in [0.15, 0.2) is 36.4 Å². The molecule has 0 spiro atoms. The minimum Gasteiger partial charge on any atom is -0.481 e. The van der Waals surface area contributed by atoms with E-state index in [-0.39, 0.29) is 29.5 Å². The third-order valence-electron chi connectivity index (χ3n) is 11.1. The number of rotatable bonds is 10. The first kappa shape index (κ1) is 35.6. The van der Waals surface area contributed by atoms with Gasteiger partial charge in [-0.3, -0.25) is 19.3 Å². The molecule has 0 saturated heterocycles. The number of Topliss-reactive ketones (excluding diaryl/α,β-unsaturated/α-hetero) is 1. The van der Waals surface area contributed by atoms with Crippen molar-refractivity contribution in [3.8, 4) is 17.2 Å². The van der Waals surface area contributed by atoms with E-state index >= 15 is 0 Å². The van der Waals surface area contributed by atoms with E-state index in [1.807, 2.05) is 41.4 Å². The molecule has 3 N–H and O–H groups in total. The molecular formula is C39H43ClN8O4. The van der Waals surface area contributed by atoms with Gasteiger partial charge in [-0.15, -0.1) is 0 Å². The smallest absolute Gasteiger partial charge is 0.306 e. The second kappa shape index (κ2) is 15.0. The first-order valence-corrected chi connectivity index (χ1v) is 18.4. The maximum absolute atomic E-state index is 13.7. The summed E-state index contributed by atoms with van der Waals surface area (Å²) in [4.78, 5) is 50.2. The maximum atomic E-state index is 13.7. The lowest BCUT2D eigenvalue weighted by molar-refractivity contribution is -0.143. The van der Waals surface area contributed by atoms with Gasteiger partial charge in [0.2, 0.25) is 5.78 Å². The number of fused-ring (bicyclic) bond motifs is 2. The highest BCUT2D eigenvalue weighted by Crippen LogP contribution is 2.36. The molecule has 0 radical (unpaired) electrons. The fraction of sp³-hybridized carbons (Fsp3) is 0.436. The fourth-order valence-corrected chi connectivity index (χ4v) is 8.40. The van der Waals surface area contributed by atoms with Crippen molar-refractivity contribution in [1.29, 1.82) is 5.26 Å². The molecule has 1 amide bonds. The molecule has 2 aromatic carbocycles. The molecule has 4 aromatic rings. The Labute approximate surface area is 307 Å². The monoisotopic (exact) mass is 722 g/mol. The predicted octanol–water partition coefficient (Wildman–Crippen LogP) is 5.31. The average molecular weight is 723 g/mol. The fourth-order valence-electron chi connectivity index (χ4n) is 8.10. The van der Waals surface area contributed by atoms with Gasteiger partial charge in [0.25, 0.3) is 5.91 Å². The van der Waals surface area contributed by atoms with Crippen LogP contribution >= 0.6 is 11.6 Å². The van der Waals surface area contributed by atoms with Crippen molar-refractivity contribution in [3.63, 3.8) is 0 Å². The maximum Gasteiger partial charge on any atom is 0.306 e. The van der Waals surface area contributed by atoms with Crippen molar-refractivity contribution < 1.29 is 19.5 Å². The van der Waals surface area contributed by atoms with Crippen molar-refractivity contribution >= 4 is 34.9 Å². The minimum atomic E-state index is -0.676. The third kappa shape index (κ3) is 7.00. The first-order chi connectivity index (χ1) is 25.1. The number of nitrogens with zero attached hydrogens (tertiary/aromatic N) is 6. The Morgan fingerprint density at radius 2 is 1.69 bits per heavy atom. The largest absolute Gasteiger partial charge is 0.481 e. The number of benzene rings is 2. The van der Waals surface area contributed by atoms with Crippen LogP contribution < -0.4 is 10.6 Å². The van der Waals surface area contributed by atoms with Gasteiger partial charge >= 0.3 is 5.97 Å². The molecular weight excluding hydrogens is 680 g/mol. The van der Waals surface area contributed by atoms with E-state index in [9.17, 15) is 24.8 Å². The summed E-state index contributed by atoms with van der Waals surface area (Å²) in [7, 11) is 3.72. The zero-order valence-corrected chi connectivity index (χ0v) is 30.3. The van der Waals surface area contributed by atoms with E-state index in [0.717, 1.165) is 87.4 Å². The first-order valence-electron chi connectivity index (χ1n) is 18.0. The number of aliphatic carboxylic acids is 1. The van der Waals surface area contributed by atoms with Gasteiger partial charge in [-0.2, -0.15) is 5.26 Å². The number of carbonyl (C=O) groups is 3. The second-order valence-corrected chi connectivity index (χ2v) is 14.6. The topological polar surface area (TPSA) is 158 Å². The van der Waals surface area contributed by atoms with E-state index in [4.69, 9.17) is 16.6 Å². The van der Waals surface area contributed by atoms with Gasteiger partial charge in [0.05, 0.1) is 33.6 Å². The number of carboxylic acids is 1. The van der Waals surface area contributed by atoms with E-state index in [1.165, 1.54) is 0 Å². The Kier molecular flexibility index (Phi) is 10.3. The molecule has 13 heteroatoms. The number of carbonyl (C=O) groups excluding carboxylic acids is 2. The second-order valence-electron chi connectivity index (χ2n) is 14.2. The number of anilines is 1. The van der Waals surface area contributed by atoms with Gasteiger partial charge in [0, 0.05) is 82.1 Å². The SMILES string of the molecule is Cn1c(C(=O)Cc2cccc(-c3cccc(NC(=O)c4nc5c(n4C)CCN(CCC4CCC(C(=O)O)CC4)C5)c3C#N)c2Cl)nc2c1CCNC2. The minimum absolute atomic E-state index is 0.0528. The van der Waals surface area contributed by atoms with Crippen LogP contribution in [0.1, 0.15) is 87.2 Å². The van der Waals surface area contributed by atoms with Crippen molar-refractivity contribution in [1.82, 2.24) is 29.3 Å². The van der Waals surface area contributed by atoms with Gasteiger partial charge in [-0.25, -0.2) is 9.97 Å². The highest BCUT2D eigenvalue weighted by molar-refractivity contribution is 6.34. The predicted molar refractivity (Wildman–Crippen MR) is 196 cm³/mol. The number of carboxylic acid groups (broad SMARTS) is 1. The van der Waals surface area contributed by atoms with E-state index in [2.05, 4.69) is 26.6 Å². The summed E-state index contributed by atoms with van der Waals surface area (Å²) in [6.07, 6.45) is 6.09. The summed E-state index contributed by atoms with van der Waals surface area (Å²) < 4.78 is 3.72. The summed E-state index contributed by atoms with van der Waals surface area (Å²) >= 11 is 6.95.